The normalized spacial score (nSPS) is 16.1. The van der Waals surface area contributed by atoms with Gasteiger partial charge in [-0.15, -0.1) is 0 Å². The highest BCUT2D eigenvalue weighted by Gasteiger charge is 2.19. The van der Waals surface area contributed by atoms with Gasteiger partial charge >= 0.3 is 0 Å². The molecule has 1 N–H and O–H groups in total. The molecule has 1 aromatic heterocycles. The summed E-state index contributed by atoms with van der Waals surface area (Å²) in [5.41, 5.74) is 2.42. The van der Waals surface area contributed by atoms with Crippen molar-refractivity contribution in [2.24, 2.45) is 4.99 Å². The second kappa shape index (κ2) is 7.16. The van der Waals surface area contributed by atoms with Gasteiger partial charge in [0.2, 0.25) is 0 Å². The molecule has 1 aliphatic rings. The van der Waals surface area contributed by atoms with Gasteiger partial charge in [0.15, 0.2) is 0 Å². The van der Waals surface area contributed by atoms with Gasteiger partial charge in [0.1, 0.15) is 11.6 Å². The Kier molecular flexibility index (Phi) is 5.10. The molecular weight excluding hydrogens is 329 g/mol. The van der Waals surface area contributed by atoms with Crippen LogP contribution in [0.25, 0.3) is 16.6 Å². The lowest BCUT2D eigenvalue weighted by molar-refractivity contribution is 0.153. The van der Waals surface area contributed by atoms with Crippen LogP contribution < -0.4 is 0 Å². The number of hydrogen-bond acceptors (Lipinski definition) is 3. The first-order valence-electron chi connectivity index (χ1n) is 9.14. The SMILES string of the molecule is CC/C=C/C(=C\N=C(/C)C(C)(C)O)c1cc2c(cc1F)nc1n2CCC1. The molecular formula is C21H26FN3O. The number of aliphatic imine (C=N–C) groups is 1. The monoisotopic (exact) mass is 355 g/mol. The maximum absolute atomic E-state index is 14.8. The molecule has 5 heteroatoms. The molecule has 3 rings (SSSR count). The zero-order valence-corrected chi connectivity index (χ0v) is 15.9. The molecule has 0 atom stereocenters. The first-order chi connectivity index (χ1) is 12.3. The van der Waals surface area contributed by atoms with Crippen molar-refractivity contribution in [2.75, 3.05) is 0 Å². The average molecular weight is 355 g/mol. The van der Waals surface area contributed by atoms with E-state index in [9.17, 15) is 9.50 Å². The highest BCUT2D eigenvalue weighted by molar-refractivity contribution is 5.91. The van der Waals surface area contributed by atoms with Crippen LogP contribution in [0.5, 0.6) is 0 Å². The predicted molar refractivity (Wildman–Crippen MR) is 105 cm³/mol. The first-order valence-corrected chi connectivity index (χ1v) is 9.14. The standard InChI is InChI=1S/C21H26FN3O/c1-5-6-8-15(13-23-14(2)21(3,4)26)16-11-19-18(12-17(16)22)24-20-9-7-10-25(19)20/h6,8,11-13,26H,5,7,9-10H2,1-4H3/b8-6+,15-13+,23-14+. The van der Waals surface area contributed by atoms with E-state index in [1.165, 1.54) is 6.07 Å². The van der Waals surface area contributed by atoms with Crippen LogP contribution in [0.3, 0.4) is 0 Å². The fourth-order valence-corrected chi connectivity index (χ4v) is 3.02. The molecule has 0 amide bonds. The third-order valence-electron chi connectivity index (χ3n) is 4.83. The minimum Gasteiger partial charge on any atom is -0.385 e. The number of nitrogens with zero attached hydrogens (tertiary/aromatic N) is 3. The van der Waals surface area contributed by atoms with Crippen molar-refractivity contribution in [1.82, 2.24) is 9.55 Å². The fourth-order valence-electron chi connectivity index (χ4n) is 3.02. The van der Waals surface area contributed by atoms with Crippen molar-refractivity contribution in [2.45, 2.75) is 59.1 Å². The lowest BCUT2D eigenvalue weighted by atomic mass is 10.0. The van der Waals surface area contributed by atoms with Crippen LogP contribution in [0.1, 0.15) is 51.9 Å². The van der Waals surface area contributed by atoms with Gasteiger partial charge in [-0.1, -0.05) is 19.1 Å². The number of benzene rings is 1. The number of allylic oxidation sites excluding steroid dienone is 3. The zero-order valence-electron chi connectivity index (χ0n) is 15.9. The summed E-state index contributed by atoms with van der Waals surface area (Å²) >= 11 is 0. The van der Waals surface area contributed by atoms with Gasteiger partial charge in [-0.25, -0.2) is 9.37 Å². The molecule has 0 saturated carbocycles. The van der Waals surface area contributed by atoms with E-state index >= 15 is 0 Å². The highest BCUT2D eigenvalue weighted by Crippen LogP contribution is 2.29. The van der Waals surface area contributed by atoms with Crippen LogP contribution >= 0.6 is 0 Å². The van der Waals surface area contributed by atoms with E-state index in [2.05, 4.69) is 14.5 Å². The molecule has 0 saturated heterocycles. The number of rotatable bonds is 5. The Hall–Kier alpha value is -2.27. The highest BCUT2D eigenvalue weighted by atomic mass is 19.1. The number of halogens is 1. The second-order valence-corrected chi connectivity index (χ2v) is 7.27. The van der Waals surface area contributed by atoms with E-state index in [-0.39, 0.29) is 5.82 Å². The molecule has 0 radical (unpaired) electrons. The smallest absolute Gasteiger partial charge is 0.133 e. The summed E-state index contributed by atoms with van der Waals surface area (Å²) in [6.07, 6.45) is 8.36. The van der Waals surface area contributed by atoms with Gasteiger partial charge in [-0.3, -0.25) is 4.99 Å². The Labute approximate surface area is 153 Å². The Morgan fingerprint density at radius 3 is 2.88 bits per heavy atom. The molecule has 1 aromatic carbocycles. The van der Waals surface area contributed by atoms with Crippen molar-refractivity contribution in [3.8, 4) is 0 Å². The Morgan fingerprint density at radius 2 is 2.19 bits per heavy atom. The Balaban J connectivity index is 2.12. The molecule has 2 aromatic rings. The van der Waals surface area contributed by atoms with Gasteiger partial charge in [0.05, 0.1) is 16.6 Å². The van der Waals surface area contributed by atoms with Crippen LogP contribution in [0, 0.1) is 5.82 Å². The molecule has 0 bridgehead atoms. The fraction of sp³-hybridized carbons (Fsp3) is 0.429. The summed E-state index contributed by atoms with van der Waals surface area (Å²) in [5, 5.41) is 10.1. The van der Waals surface area contributed by atoms with Crippen LogP contribution in [-0.4, -0.2) is 26.0 Å². The molecule has 1 aliphatic heterocycles. The quantitative estimate of drug-likeness (QED) is 0.626. The van der Waals surface area contributed by atoms with Crippen LogP contribution in [0.2, 0.25) is 0 Å². The number of imidazole rings is 1. The summed E-state index contributed by atoms with van der Waals surface area (Å²) in [4.78, 5) is 8.92. The van der Waals surface area contributed by atoms with Crippen molar-refractivity contribution in [1.29, 1.82) is 0 Å². The van der Waals surface area contributed by atoms with Crippen molar-refractivity contribution >= 4 is 22.3 Å². The van der Waals surface area contributed by atoms with Crippen molar-refractivity contribution < 1.29 is 9.50 Å². The van der Waals surface area contributed by atoms with Gasteiger partial charge in [-0.05, 0) is 39.7 Å². The lowest BCUT2D eigenvalue weighted by Gasteiger charge is -2.16. The topological polar surface area (TPSA) is 50.4 Å². The van der Waals surface area contributed by atoms with Gasteiger partial charge in [0.25, 0.3) is 0 Å². The minimum atomic E-state index is -1.01. The molecule has 4 nitrogen and oxygen atoms in total. The zero-order chi connectivity index (χ0) is 18.9. The maximum Gasteiger partial charge on any atom is 0.133 e. The van der Waals surface area contributed by atoms with E-state index in [1.54, 1.807) is 27.0 Å². The first kappa shape index (κ1) is 18.5. The van der Waals surface area contributed by atoms with Crippen LogP contribution in [0.15, 0.2) is 35.5 Å². The van der Waals surface area contributed by atoms with E-state index < -0.39 is 5.60 Å². The lowest BCUT2D eigenvalue weighted by Crippen LogP contribution is -2.28. The van der Waals surface area contributed by atoms with Gasteiger partial charge in [-0.2, -0.15) is 0 Å². The number of hydrogen-bond donors (Lipinski definition) is 1. The van der Waals surface area contributed by atoms with E-state index in [1.807, 2.05) is 25.1 Å². The number of fused-ring (bicyclic) bond motifs is 3. The minimum absolute atomic E-state index is 0.308. The summed E-state index contributed by atoms with van der Waals surface area (Å²) in [6, 6.07) is 3.38. The van der Waals surface area contributed by atoms with Crippen LogP contribution in [-0.2, 0) is 13.0 Å². The van der Waals surface area contributed by atoms with Gasteiger partial charge in [0, 0.05) is 42.1 Å². The molecule has 0 unspecified atom stereocenters. The van der Waals surface area contributed by atoms with E-state index in [4.69, 9.17) is 0 Å². The molecule has 2 heterocycles. The van der Waals surface area contributed by atoms with Crippen molar-refractivity contribution in [3.05, 3.63) is 47.7 Å². The average Bonchev–Trinajstić information content (AvgIpc) is 3.14. The van der Waals surface area contributed by atoms with E-state index in [0.717, 1.165) is 37.1 Å². The molecule has 138 valence electrons. The molecule has 0 spiro atoms. The number of aromatic nitrogens is 2. The number of aliphatic hydroxyl groups is 1. The molecule has 0 fully saturated rings. The summed E-state index contributed by atoms with van der Waals surface area (Å²) in [6.45, 7) is 8.09. The number of aryl methyl sites for hydroxylation is 2. The van der Waals surface area contributed by atoms with Gasteiger partial charge < -0.3 is 9.67 Å². The third-order valence-corrected chi connectivity index (χ3v) is 4.83. The van der Waals surface area contributed by atoms with Crippen LogP contribution in [0.4, 0.5) is 4.39 Å². The van der Waals surface area contributed by atoms with Crippen molar-refractivity contribution in [3.63, 3.8) is 0 Å². The molecule has 0 aliphatic carbocycles. The summed E-state index contributed by atoms with van der Waals surface area (Å²) in [7, 11) is 0. The predicted octanol–water partition coefficient (Wildman–Crippen LogP) is 4.66. The Morgan fingerprint density at radius 1 is 1.42 bits per heavy atom. The summed E-state index contributed by atoms with van der Waals surface area (Å²) < 4.78 is 17.0. The van der Waals surface area contributed by atoms with E-state index in [0.29, 0.717) is 22.4 Å². The third kappa shape index (κ3) is 3.63. The largest absolute Gasteiger partial charge is 0.385 e. The maximum atomic E-state index is 14.8. The summed E-state index contributed by atoms with van der Waals surface area (Å²) in [5.74, 6) is 0.722. The molecule has 26 heavy (non-hydrogen) atoms. The second-order valence-electron chi connectivity index (χ2n) is 7.27. The Bertz CT molecular complexity index is 913.